The van der Waals surface area contributed by atoms with Crippen LogP contribution in [-0.2, 0) is 9.47 Å². The summed E-state index contributed by atoms with van der Waals surface area (Å²) in [5, 5.41) is 3.46. The van der Waals surface area contributed by atoms with Crippen molar-refractivity contribution in [1.82, 2.24) is 0 Å². The van der Waals surface area contributed by atoms with E-state index in [0.29, 0.717) is 11.1 Å². The standard InChI is InChI=1S/C23H21O4P/c1-16-6-4-5-7-21(16)28(19-12-8-17(9-13-19)22(24)26-2)20-14-10-18(11-15-20)23(25)27-3/h4-15H,1-3H3. The van der Waals surface area contributed by atoms with Crippen LogP contribution >= 0.6 is 7.92 Å². The van der Waals surface area contributed by atoms with Crippen molar-refractivity contribution in [2.75, 3.05) is 14.2 Å². The lowest BCUT2D eigenvalue weighted by Crippen LogP contribution is -2.23. The molecular formula is C23H21O4P. The second-order valence-corrected chi connectivity index (χ2v) is 8.38. The maximum absolute atomic E-state index is 11.8. The Morgan fingerprint density at radius 1 is 0.679 bits per heavy atom. The van der Waals surface area contributed by atoms with Gasteiger partial charge in [0.1, 0.15) is 0 Å². The van der Waals surface area contributed by atoms with Gasteiger partial charge in [-0.1, -0.05) is 48.5 Å². The Morgan fingerprint density at radius 2 is 1.11 bits per heavy atom. The Labute approximate surface area is 165 Å². The summed E-state index contributed by atoms with van der Waals surface area (Å²) in [6.45, 7) is 2.09. The first-order valence-corrected chi connectivity index (χ1v) is 10.1. The summed E-state index contributed by atoms with van der Waals surface area (Å²) in [6, 6.07) is 23.3. The van der Waals surface area contributed by atoms with E-state index in [1.807, 2.05) is 36.4 Å². The molecule has 4 nitrogen and oxygen atoms in total. The molecule has 0 radical (unpaired) electrons. The van der Waals surface area contributed by atoms with Crippen LogP contribution in [0, 0.1) is 6.92 Å². The molecule has 0 aromatic heterocycles. The summed E-state index contributed by atoms with van der Waals surface area (Å²) >= 11 is 0. The van der Waals surface area contributed by atoms with Gasteiger partial charge in [0.25, 0.3) is 0 Å². The number of ether oxygens (including phenoxy) is 2. The number of esters is 2. The van der Waals surface area contributed by atoms with Crippen molar-refractivity contribution >= 4 is 35.8 Å². The molecule has 0 amide bonds. The van der Waals surface area contributed by atoms with Crippen LogP contribution in [0.1, 0.15) is 26.3 Å². The molecular weight excluding hydrogens is 371 g/mol. The normalized spacial score (nSPS) is 10.6. The van der Waals surface area contributed by atoms with Gasteiger partial charge in [0.2, 0.25) is 0 Å². The zero-order valence-corrected chi connectivity index (χ0v) is 16.9. The Morgan fingerprint density at radius 3 is 1.50 bits per heavy atom. The summed E-state index contributed by atoms with van der Waals surface area (Å²) in [5.74, 6) is -0.705. The molecule has 0 heterocycles. The van der Waals surface area contributed by atoms with Crippen molar-refractivity contribution in [3.05, 3.63) is 89.5 Å². The molecule has 0 aliphatic rings. The first kappa shape index (κ1) is 19.8. The molecule has 0 saturated heterocycles. The van der Waals surface area contributed by atoms with E-state index in [0.717, 1.165) is 10.6 Å². The highest BCUT2D eigenvalue weighted by atomic mass is 31.1. The number of methoxy groups -OCH3 is 2. The van der Waals surface area contributed by atoms with Gasteiger partial charge in [-0.25, -0.2) is 9.59 Å². The highest BCUT2D eigenvalue weighted by Gasteiger charge is 2.19. The fraction of sp³-hybridized carbons (Fsp3) is 0.130. The van der Waals surface area contributed by atoms with Gasteiger partial charge in [-0.05, 0) is 60.6 Å². The molecule has 0 aliphatic heterocycles. The first-order chi connectivity index (χ1) is 13.5. The quantitative estimate of drug-likeness (QED) is 0.494. The molecule has 0 unspecified atom stereocenters. The van der Waals surface area contributed by atoms with Crippen molar-refractivity contribution in [2.45, 2.75) is 6.92 Å². The van der Waals surface area contributed by atoms with E-state index in [9.17, 15) is 9.59 Å². The fourth-order valence-corrected chi connectivity index (χ4v) is 5.38. The molecule has 3 rings (SSSR count). The Hall–Kier alpha value is -2.97. The van der Waals surface area contributed by atoms with E-state index in [1.54, 1.807) is 24.3 Å². The van der Waals surface area contributed by atoms with E-state index in [2.05, 4.69) is 19.1 Å². The maximum Gasteiger partial charge on any atom is 0.337 e. The summed E-state index contributed by atoms with van der Waals surface area (Å²) in [7, 11) is 1.91. The Bertz CT molecular complexity index is 919. The van der Waals surface area contributed by atoms with E-state index in [1.165, 1.54) is 25.1 Å². The first-order valence-electron chi connectivity index (χ1n) is 8.77. The number of carbonyl (C=O) groups is 2. The minimum atomic E-state index is -0.843. The second kappa shape index (κ2) is 8.81. The summed E-state index contributed by atoms with van der Waals surface area (Å²) in [4.78, 5) is 23.5. The van der Waals surface area contributed by atoms with Crippen LogP contribution in [0.15, 0.2) is 72.8 Å². The molecule has 0 fully saturated rings. The SMILES string of the molecule is COC(=O)c1ccc(P(c2ccc(C(=O)OC)cc2)c2ccccc2C)cc1. The molecule has 142 valence electrons. The van der Waals surface area contributed by atoms with Gasteiger partial charge in [-0.2, -0.15) is 0 Å². The Balaban J connectivity index is 2.07. The van der Waals surface area contributed by atoms with Gasteiger partial charge in [0.05, 0.1) is 25.3 Å². The number of aryl methyl sites for hydroxylation is 1. The molecule has 0 N–H and O–H groups in total. The molecule has 0 bridgehead atoms. The highest BCUT2D eigenvalue weighted by molar-refractivity contribution is 7.79. The number of rotatable bonds is 5. The smallest absolute Gasteiger partial charge is 0.337 e. The van der Waals surface area contributed by atoms with Crippen LogP contribution in [0.4, 0.5) is 0 Å². The lowest BCUT2D eigenvalue weighted by atomic mass is 10.2. The topological polar surface area (TPSA) is 52.6 Å². The van der Waals surface area contributed by atoms with Crippen LogP contribution in [0.3, 0.4) is 0 Å². The third-order valence-electron chi connectivity index (χ3n) is 4.45. The maximum atomic E-state index is 11.8. The van der Waals surface area contributed by atoms with E-state index < -0.39 is 7.92 Å². The van der Waals surface area contributed by atoms with E-state index >= 15 is 0 Å². The molecule has 3 aromatic carbocycles. The number of hydrogen-bond acceptors (Lipinski definition) is 4. The zero-order valence-electron chi connectivity index (χ0n) is 16.0. The number of carbonyl (C=O) groups excluding carboxylic acids is 2. The average Bonchev–Trinajstić information content (AvgIpc) is 2.75. The third kappa shape index (κ3) is 4.13. The zero-order chi connectivity index (χ0) is 20.1. The fourth-order valence-electron chi connectivity index (χ4n) is 2.97. The summed E-state index contributed by atoms with van der Waals surface area (Å²) in [6.07, 6.45) is 0. The van der Waals surface area contributed by atoms with Crippen LogP contribution < -0.4 is 15.9 Å². The third-order valence-corrected chi connectivity index (χ3v) is 7.06. The lowest BCUT2D eigenvalue weighted by Gasteiger charge is -2.21. The average molecular weight is 392 g/mol. The predicted octanol–water partition coefficient (Wildman–Crippen LogP) is 3.33. The van der Waals surface area contributed by atoms with Crippen molar-refractivity contribution in [1.29, 1.82) is 0 Å². The highest BCUT2D eigenvalue weighted by Crippen LogP contribution is 2.34. The minimum absolute atomic E-state index is 0.353. The molecule has 0 spiro atoms. The Kier molecular flexibility index (Phi) is 6.23. The van der Waals surface area contributed by atoms with Crippen LogP contribution in [0.2, 0.25) is 0 Å². The molecule has 0 saturated carbocycles. The van der Waals surface area contributed by atoms with Crippen molar-refractivity contribution in [3.8, 4) is 0 Å². The number of benzene rings is 3. The van der Waals surface area contributed by atoms with Gasteiger partial charge in [-0.15, -0.1) is 0 Å². The van der Waals surface area contributed by atoms with Gasteiger partial charge < -0.3 is 9.47 Å². The summed E-state index contributed by atoms with van der Waals surface area (Å²) in [5.41, 5.74) is 2.24. The molecule has 0 atom stereocenters. The van der Waals surface area contributed by atoms with Gasteiger partial charge in [0.15, 0.2) is 0 Å². The minimum Gasteiger partial charge on any atom is -0.465 e. The van der Waals surface area contributed by atoms with Gasteiger partial charge >= 0.3 is 11.9 Å². The molecule has 28 heavy (non-hydrogen) atoms. The molecule has 3 aromatic rings. The van der Waals surface area contributed by atoms with Crippen molar-refractivity contribution in [3.63, 3.8) is 0 Å². The largest absolute Gasteiger partial charge is 0.465 e. The number of hydrogen-bond donors (Lipinski definition) is 0. The molecule has 5 heteroatoms. The van der Waals surface area contributed by atoms with Crippen LogP contribution in [0.5, 0.6) is 0 Å². The van der Waals surface area contributed by atoms with Crippen molar-refractivity contribution < 1.29 is 19.1 Å². The van der Waals surface area contributed by atoms with E-state index in [4.69, 9.17) is 9.47 Å². The monoisotopic (exact) mass is 392 g/mol. The van der Waals surface area contributed by atoms with Gasteiger partial charge in [0, 0.05) is 0 Å². The van der Waals surface area contributed by atoms with Crippen LogP contribution in [-0.4, -0.2) is 26.2 Å². The molecule has 0 aliphatic carbocycles. The van der Waals surface area contributed by atoms with E-state index in [-0.39, 0.29) is 11.9 Å². The van der Waals surface area contributed by atoms with Crippen LogP contribution in [0.25, 0.3) is 0 Å². The lowest BCUT2D eigenvalue weighted by molar-refractivity contribution is 0.0592. The second-order valence-electron chi connectivity index (χ2n) is 6.20. The van der Waals surface area contributed by atoms with Gasteiger partial charge in [-0.3, -0.25) is 0 Å². The van der Waals surface area contributed by atoms with Crippen molar-refractivity contribution in [2.24, 2.45) is 0 Å². The predicted molar refractivity (Wildman–Crippen MR) is 113 cm³/mol. The summed E-state index contributed by atoms with van der Waals surface area (Å²) < 4.78 is 9.59.